The van der Waals surface area contributed by atoms with Crippen LogP contribution in [0.25, 0.3) is 0 Å². The minimum atomic E-state index is -3.52. The summed E-state index contributed by atoms with van der Waals surface area (Å²) in [6.07, 6.45) is 2.66. The molecule has 0 spiro atoms. The van der Waals surface area contributed by atoms with Crippen LogP contribution in [0.5, 0.6) is 0 Å². The van der Waals surface area contributed by atoms with E-state index in [1.807, 2.05) is 13.8 Å². The highest BCUT2D eigenvalue weighted by Gasteiger charge is 2.16. The summed E-state index contributed by atoms with van der Waals surface area (Å²) in [5, 5.41) is 2.80. The van der Waals surface area contributed by atoms with E-state index in [4.69, 9.17) is 0 Å². The molecule has 0 aliphatic heterocycles. The molecule has 1 unspecified atom stereocenters. The van der Waals surface area contributed by atoms with E-state index in [1.54, 1.807) is 0 Å². The molecule has 0 radical (unpaired) electrons. The van der Waals surface area contributed by atoms with Crippen molar-refractivity contribution in [2.24, 2.45) is 0 Å². The van der Waals surface area contributed by atoms with Crippen LogP contribution in [-0.4, -0.2) is 26.9 Å². The van der Waals surface area contributed by atoms with E-state index in [9.17, 15) is 13.2 Å². The number of benzene rings is 1. The van der Waals surface area contributed by atoms with Gasteiger partial charge in [0.15, 0.2) is 0 Å². The van der Waals surface area contributed by atoms with Crippen molar-refractivity contribution in [1.29, 1.82) is 0 Å². The summed E-state index contributed by atoms with van der Waals surface area (Å²) in [6.45, 7) is 6.41. The van der Waals surface area contributed by atoms with Crippen LogP contribution in [0.2, 0.25) is 0 Å². The summed E-state index contributed by atoms with van der Waals surface area (Å²) in [7, 11) is -3.52. The number of carbonyl (C=O) groups excluding carboxylic acids is 1. The molecular weight excluding hydrogens is 288 g/mol. The third-order valence-corrected chi connectivity index (χ3v) is 4.82. The molecule has 118 valence electrons. The van der Waals surface area contributed by atoms with Crippen LogP contribution >= 0.6 is 0 Å². The number of carbonyl (C=O) groups is 1. The summed E-state index contributed by atoms with van der Waals surface area (Å²) >= 11 is 0. The molecule has 0 aliphatic rings. The summed E-state index contributed by atoms with van der Waals surface area (Å²) < 4.78 is 26.7. The highest BCUT2D eigenvalue weighted by molar-refractivity contribution is 7.89. The quantitative estimate of drug-likeness (QED) is 0.723. The second kappa shape index (κ2) is 8.14. The maximum absolute atomic E-state index is 12.1. The first-order chi connectivity index (χ1) is 9.90. The molecule has 0 fully saturated rings. The highest BCUT2D eigenvalue weighted by atomic mass is 32.2. The SMILES string of the molecule is CCCCNC(=O)c1ccc(S(=O)(=O)NC(C)CC)cc1. The van der Waals surface area contributed by atoms with Gasteiger partial charge in [0.05, 0.1) is 4.90 Å². The zero-order chi connectivity index (χ0) is 15.9. The fourth-order valence-corrected chi connectivity index (χ4v) is 3.01. The average Bonchev–Trinajstić information content (AvgIpc) is 2.47. The topological polar surface area (TPSA) is 75.3 Å². The predicted octanol–water partition coefficient (Wildman–Crippen LogP) is 2.29. The summed E-state index contributed by atoms with van der Waals surface area (Å²) in [6, 6.07) is 5.87. The maximum atomic E-state index is 12.1. The van der Waals surface area contributed by atoms with Crippen LogP contribution in [0.1, 0.15) is 50.4 Å². The molecule has 2 N–H and O–H groups in total. The third-order valence-electron chi connectivity index (χ3n) is 3.21. The molecule has 1 rings (SSSR count). The van der Waals surface area contributed by atoms with E-state index >= 15 is 0 Å². The molecule has 5 nitrogen and oxygen atoms in total. The Balaban J connectivity index is 2.75. The number of hydrogen-bond donors (Lipinski definition) is 2. The van der Waals surface area contributed by atoms with Gasteiger partial charge in [0.2, 0.25) is 10.0 Å². The van der Waals surface area contributed by atoms with E-state index in [0.29, 0.717) is 12.1 Å². The number of hydrogen-bond acceptors (Lipinski definition) is 3. The van der Waals surface area contributed by atoms with Crippen molar-refractivity contribution >= 4 is 15.9 Å². The number of unbranched alkanes of at least 4 members (excludes halogenated alkanes) is 1. The molecule has 0 aliphatic carbocycles. The molecule has 6 heteroatoms. The van der Waals surface area contributed by atoms with E-state index in [1.165, 1.54) is 24.3 Å². The van der Waals surface area contributed by atoms with E-state index < -0.39 is 10.0 Å². The lowest BCUT2D eigenvalue weighted by atomic mass is 10.2. The van der Waals surface area contributed by atoms with Gasteiger partial charge < -0.3 is 5.32 Å². The van der Waals surface area contributed by atoms with Gasteiger partial charge in [-0.2, -0.15) is 0 Å². The molecule has 1 amide bonds. The first-order valence-electron chi connectivity index (χ1n) is 7.31. The zero-order valence-electron chi connectivity index (χ0n) is 12.8. The van der Waals surface area contributed by atoms with E-state index in [2.05, 4.69) is 17.0 Å². The average molecular weight is 312 g/mol. The van der Waals surface area contributed by atoms with Gasteiger partial charge in [-0.1, -0.05) is 20.3 Å². The van der Waals surface area contributed by atoms with Crippen LogP contribution < -0.4 is 10.0 Å². The summed E-state index contributed by atoms with van der Waals surface area (Å²) in [4.78, 5) is 12.0. The fraction of sp³-hybridized carbons (Fsp3) is 0.533. The van der Waals surface area contributed by atoms with Gasteiger partial charge in [-0.3, -0.25) is 4.79 Å². The Hall–Kier alpha value is -1.40. The van der Waals surface area contributed by atoms with Crippen LogP contribution in [0.3, 0.4) is 0 Å². The van der Waals surface area contributed by atoms with Crippen molar-refractivity contribution in [3.8, 4) is 0 Å². The van der Waals surface area contributed by atoms with Crippen molar-refractivity contribution in [3.05, 3.63) is 29.8 Å². The lowest BCUT2D eigenvalue weighted by molar-refractivity contribution is 0.0953. The van der Waals surface area contributed by atoms with Crippen LogP contribution in [-0.2, 0) is 10.0 Å². The Morgan fingerprint density at radius 2 is 1.81 bits per heavy atom. The van der Waals surface area contributed by atoms with Gasteiger partial charge >= 0.3 is 0 Å². The van der Waals surface area contributed by atoms with Crippen molar-refractivity contribution in [1.82, 2.24) is 10.0 Å². The zero-order valence-corrected chi connectivity index (χ0v) is 13.7. The lowest BCUT2D eigenvalue weighted by Gasteiger charge is -2.12. The standard InChI is InChI=1S/C15H24N2O3S/c1-4-6-11-16-15(18)13-7-9-14(10-8-13)21(19,20)17-12(3)5-2/h7-10,12,17H,4-6,11H2,1-3H3,(H,16,18). The fourth-order valence-electron chi connectivity index (χ4n) is 1.68. The van der Waals surface area contributed by atoms with Crippen molar-refractivity contribution in [3.63, 3.8) is 0 Å². The summed E-state index contributed by atoms with van der Waals surface area (Å²) in [5.41, 5.74) is 0.466. The van der Waals surface area contributed by atoms with Crippen LogP contribution in [0.4, 0.5) is 0 Å². The van der Waals surface area contributed by atoms with Gasteiger partial charge in [0.25, 0.3) is 5.91 Å². The molecule has 21 heavy (non-hydrogen) atoms. The lowest BCUT2D eigenvalue weighted by Crippen LogP contribution is -2.32. The van der Waals surface area contributed by atoms with E-state index in [-0.39, 0.29) is 16.8 Å². The Kier molecular flexibility index (Phi) is 6.84. The third kappa shape index (κ3) is 5.47. The Morgan fingerprint density at radius 3 is 2.33 bits per heavy atom. The monoisotopic (exact) mass is 312 g/mol. The molecule has 1 aromatic carbocycles. The van der Waals surface area contributed by atoms with Gasteiger partial charge in [-0.05, 0) is 44.0 Å². The van der Waals surface area contributed by atoms with Crippen LogP contribution in [0, 0.1) is 0 Å². The van der Waals surface area contributed by atoms with Crippen molar-refractivity contribution < 1.29 is 13.2 Å². The maximum Gasteiger partial charge on any atom is 0.251 e. The van der Waals surface area contributed by atoms with Crippen molar-refractivity contribution in [2.75, 3.05) is 6.54 Å². The van der Waals surface area contributed by atoms with Gasteiger partial charge in [0, 0.05) is 18.2 Å². The number of sulfonamides is 1. The number of nitrogens with one attached hydrogen (secondary N) is 2. The molecule has 0 saturated carbocycles. The van der Waals surface area contributed by atoms with E-state index in [0.717, 1.165) is 19.3 Å². The second-order valence-electron chi connectivity index (χ2n) is 5.06. The summed E-state index contributed by atoms with van der Waals surface area (Å²) in [5.74, 6) is -0.178. The highest BCUT2D eigenvalue weighted by Crippen LogP contribution is 2.11. The predicted molar refractivity (Wildman–Crippen MR) is 83.8 cm³/mol. The minimum absolute atomic E-state index is 0.119. The molecular formula is C15H24N2O3S. The second-order valence-corrected chi connectivity index (χ2v) is 6.78. The first-order valence-corrected chi connectivity index (χ1v) is 8.79. The van der Waals surface area contributed by atoms with Gasteiger partial charge in [-0.15, -0.1) is 0 Å². The Labute approximate surface area is 127 Å². The van der Waals surface area contributed by atoms with Gasteiger partial charge in [0.1, 0.15) is 0 Å². The van der Waals surface area contributed by atoms with Crippen LogP contribution in [0.15, 0.2) is 29.2 Å². The first kappa shape index (κ1) is 17.7. The molecule has 0 saturated heterocycles. The largest absolute Gasteiger partial charge is 0.352 e. The molecule has 1 aromatic rings. The number of rotatable bonds is 8. The Bertz CT molecular complexity index is 553. The molecule has 0 bridgehead atoms. The number of amides is 1. The molecule has 1 atom stereocenters. The van der Waals surface area contributed by atoms with Gasteiger partial charge in [-0.25, -0.2) is 13.1 Å². The molecule has 0 aromatic heterocycles. The minimum Gasteiger partial charge on any atom is -0.352 e. The molecule has 0 heterocycles. The Morgan fingerprint density at radius 1 is 1.19 bits per heavy atom. The normalized spacial score (nSPS) is 12.9. The van der Waals surface area contributed by atoms with Crippen molar-refractivity contribution in [2.45, 2.75) is 51.0 Å². The smallest absolute Gasteiger partial charge is 0.251 e.